The Balaban J connectivity index is 2.32. The van der Waals surface area contributed by atoms with Gasteiger partial charge in [0.25, 0.3) is 0 Å². The first kappa shape index (κ1) is 12.9. The summed E-state index contributed by atoms with van der Waals surface area (Å²) in [4.78, 5) is 0. The van der Waals surface area contributed by atoms with Gasteiger partial charge >= 0.3 is 0 Å². The average Bonchev–Trinajstić information content (AvgIpc) is 2.79. The first-order valence-electron chi connectivity index (χ1n) is 6.12. The highest BCUT2D eigenvalue weighted by Crippen LogP contribution is 2.32. The van der Waals surface area contributed by atoms with Gasteiger partial charge in [0.2, 0.25) is 0 Å². The second kappa shape index (κ2) is 5.38. The van der Waals surface area contributed by atoms with Crippen molar-refractivity contribution in [1.29, 1.82) is 0 Å². The molecule has 18 heavy (non-hydrogen) atoms. The van der Waals surface area contributed by atoms with Crippen LogP contribution in [0.25, 0.3) is 0 Å². The van der Waals surface area contributed by atoms with Gasteiger partial charge in [0.05, 0.1) is 12.4 Å². The predicted octanol–water partition coefficient (Wildman–Crippen LogP) is 2.67. The molecule has 2 atom stereocenters. The van der Waals surface area contributed by atoms with Crippen molar-refractivity contribution in [2.24, 2.45) is 5.73 Å². The van der Waals surface area contributed by atoms with Crippen molar-refractivity contribution in [3.05, 3.63) is 59.0 Å². The van der Waals surface area contributed by atoms with Gasteiger partial charge in [-0.2, -0.15) is 0 Å². The van der Waals surface area contributed by atoms with Gasteiger partial charge in [-0.3, -0.25) is 0 Å². The molecule has 3 nitrogen and oxygen atoms in total. The van der Waals surface area contributed by atoms with Crippen LogP contribution in [0.15, 0.2) is 41.0 Å². The van der Waals surface area contributed by atoms with Crippen LogP contribution in [-0.2, 0) is 0 Å². The zero-order chi connectivity index (χ0) is 13.1. The fourth-order valence-electron chi connectivity index (χ4n) is 2.28. The van der Waals surface area contributed by atoms with Gasteiger partial charge in [0.1, 0.15) is 5.76 Å². The molecule has 2 rings (SSSR count). The molecular weight excluding hydrogens is 226 g/mol. The van der Waals surface area contributed by atoms with Crippen LogP contribution in [-0.4, -0.2) is 11.7 Å². The molecule has 0 radical (unpaired) electrons. The molecule has 3 N–H and O–H groups in total. The lowest BCUT2D eigenvalue weighted by atomic mass is 9.87. The molecule has 2 aromatic rings. The molecule has 0 saturated heterocycles. The number of aliphatic hydroxyl groups excluding tert-OH is 1. The standard InChI is InChI=1S/C15H19NO2/c1-10-5-3-4-6-13(10)14(8-16)15(17)12-7-11(2)18-9-12/h3-7,9,14-15,17H,8,16H2,1-2H3. The van der Waals surface area contributed by atoms with E-state index in [9.17, 15) is 5.11 Å². The third-order valence-electron chi connectivity index (χ3n) is 3.32. The molecule has 0 saturated carbocycles. The van der Waals surface area contributed by atoms with Gasteiger partial charge < -0.3 is 15.3 Å². The van der Waals surface area contributed by atoms with Crippen LogP contribution in [0.5, 0.6) is 0 Å². The van der Waals surface area contributed by atoms with Crippen LogP contribution in [0.3, 0.4) is 0 Å². The molecule has 0 fully saturated rings. The third-order valence-corrected chi connectivity index (χ3v) is 3.32. The van der Waals surface area contributed by atoms with Gasteiger partial charge in [-0.1, -0.05) is 24.3 Å². The van der Waals surface area contributed by atoms with E-state index in [0.717, 1.165) is 22.5 Å². The summed E-state index contributed by atoms with van der Waals surface area (Å²) in [7, 11) is 0. The first-order chi connectivity index (χ1) is 8.63. The summed E-state index contributed by atoms with van der Waals surface area (Å²) >= 11 is 0. The lowest BCUT2D eigenvalue weighted by molar-refractivity contribution is 0.146. The highest BCUT2D eigenvalue weighted by molar-refractivity contribution is 5.32. The molecule has 96 valence electrons. The highest BCUT2D eigenvalue weighted by atomic mass is 16.3. The van der Waals surface area contributed by atoms with Crippen LogP contribution >= 0.6 is 0 Å². The van der Waals surface area contributed by atoms with Crippen LogP contribution in [0, 0.1) is 13.8 Å². The normalized spacial score (nSPS) is 14.4. The van der Waals surface area contributed by atoms with Crippen LogP contribution in [0.2, 0.25) is 0 Å². The number of rotatable bonds is 4. The molecule has 0 aliphatic heterocycles. The Hall–Kier alpha value is -1.58. The van der Waals surface area contributed by atoms with Crippen molar-refractivity contribution in [2.75, 3.05) is 6.54 Å². The number of hydrogen-bond acceptors (Lipinski definition) is 3. The zero-order valence-corrected chi connectivity index (χ0v) is 10.8. The van der Waals surface area contributed by atoms with Crippen molar-refractivity contribution in [3.8, 4) is 0 Å². The van der Waals surface area contributed by atoms with Crippen molar-refractivity contribution in [3.63, 3.8) is 0 Å². The van der Waals surface area contributed by atoms with Crippen LogP contribution in [0.1, 0.15) is 34.5 Å². The maximum Gasteiger partial charge on any atom is 0.101 e. The van der Waals surface area contributed by atoms with Gasteiger partial charge in [0.15, 0.2) is 0 Å². The largest absolute Gasteiger partial charge is 0.469 e. The third kappa shape index (κ3) is 2.47. The maximum atomic E-state index is 10.4. The number of aliphatic hydroxyl groups is 1. The number of nitrogens with two attached hydrogens (primary N) is 1. The summed E-state index contributed by atoms with van der Waals surface area (Å²) in [5, 5.41) is 10.4. The van der Waals surface area contributed by atoms with Crippen molar-refractivity contribution in [2.45, 2.75) is 25.9 Å². The van der Waals surface area contributed by atoms with Crippen LogP contribution in [0.4, 0.5) is 0 Å². The Morgan fingerprint density at radius 2 is 2.00 bits per heavy atom. The van der Waals surface area contributed by atoms with E-state index in [-0.39, 0.29) is 5.92 Å². The molecule has 0 bridgehead atoms. The minimum absolute atomic E-state index is 0.108. The quantitative estimate of drug-likeness (QED) is 0.870. The molecule has 1 aromatic carbocycles. The molecule has 0 aliphatic rings. The summed E-state index contributed by atoms with van der Waals surface area (Å²) in [6.45, 7) is 4.29. The molecule has 3 heteroatoms. The van der Waals surface area contributed by atoms with E-state index in [1.807, 2.05) is 44.2 Å². The summed E-state index contributed by atoms with van der Waals surface area (Å²) in [5.74, 6) is 0.688. The fourth-order valence-corrected chi connectivity index (χ4v) is 2.28. The first-order valence-corrected chi connectivity index (χ1v) is 6.12. The summed E-state index contributed by atoms with van der Waals surface area (Å²) in [6, 6.07) is 9.86. The molecule has 2 unspecified atom stereocenters. The zero-order valence-electron chi connectivity index (χ0n) is 10.8. The van der Waals surface area contributed by atoms with Crippen molar-refractivity contribution in [1.82, 2.24) is 0 Å². The van der Waals surface area contributed by atoms with E-state index < -0.39 is 6.10 Å². The Kier molecular flexibility index (Phi) is 3.84. The van der Waals surface area contributed by atoms with Gasteiger partial charge in [-0.05, 0) is 31.0 Å². The number of hydrogen-bond donors (Lipinski definition) is 2. The smallest absolute Gasteiger partial charge is 0.101 e. The van der Waals surface area contributed by atoms with E-state index in [4.69, 9.17) is 10.2 Å². The SMILES string of the molecule is Cc1cc(C(O)C(CN)c2ccccc2C)co1. The molecule has 1 heterocycles. The van der Waals surface area contributed by atoms with Gasteiger partial charge in [-0.25, -0.2) is 0 Å². The fraction of sp³-hybridized carbons (Fsp3) is 0.333. The maximum absolute atomic E-state index is 10.4. The molecule has 1 aromatic heterocycles. The molecular formula is C15H19NO2. The average molecular weight is 245 g/mol. The van der Waals surface area contributed by atoms with E-state index in [1.54, 1.807) is 6.26 Å². The molecule has 0 amide bonds. The summed E-state index contributed by atoms with van der Waals surface area (Å²) in [6.07, 6.45) is 0.967. The van der Waals surface area contributed by atoms with Crippen molar-refractivity contribution < 1.29 is 9.52 Å². The second-order valence-corrected chi connectivity index (χ2v) is 4.63. The van der Waals surface area contributed by atoms with E-state index in [2.05, 4.69) is 0 Å². The second-order valence-electron chi connectivity index (χ2n) is 4.63. The monoisotopic (exact) mass is 245 g/mol. The Bertz CT molecular complexity index is 519. The van der Waals surface area contributed by atoms with Gasteiger partial charge in [-0.15, -0.1) is 0 Å². The molecule has 0 aliphatic carbocycles. The highest BCUT2D eigenvalue weighted by Gasteiger charge is 2.23. The van der Waals surface area contributed by atoms with E-state index >= 15 is 0 Å². The number of aryl methyl sites for hydroxylation is 2. The summed E-state index contributed by atoms with van der Waals surface area (Å²) in [5.41, 5.74) is 8.85. The Morgan fingerprint density at radius 3 is 2.56 bits per heavy atom. The summed E-state index contributed by atoms with van der Waals surface area (Å²) < 4.78 is 5.25. The van der Waals surface area contributed by atoms with Gasteiger partial charge in [0, 0.05) is 18.0 Å². The minimum Gasteiger partial charge on any atom is -0.469 e. The predicted molar refractivity (Wildman–Crippen MR) is 71.4 cm³/mol. The lowest BCUT2D eigenvalue weighted by Crippen LogP contribution is -2.20. The van der Waals surface area contributed by atoms with Crippen molar-refractivity contribution >= 4 is 0 Å². The van der Waals surface area contributed by atoms with Crippen LogP contribution < -0.4 is 5.73 Å². The Labute approximate surface area is 107 Å². The van der Waals surface area contributed by atoms with E-state index in [1.165, 1.54) is 0 Å². The number of benzene rings is 1. The lowest BCUT2D eigenvalue weighted by Gasteiger charge is -2.22. The molecule has 0 spiro atoms. The van der Waals surface area contributed by atoms with E-state index in [0.29, 0.717) is 6.54 Å². The Morgan fingerprint density at radius 1 is 1.28 bits per heavy atom. The minimum atomic E-state index is -0.631. The number of furan rings is 1. The topological polar surface area (TPSA) is 59.4 Å².